The molecule has 2 amide bonds. The lowest BCUT2D eigenvalue weighted by Crippen LogP contribution is -2.28. The molecule has 1 saturated heterocycles. The van der Waals surface area contributed by atoms with Gasteiger partial charge in [-0.05, 0) is 49.7 Å². The molecule has 1 atom stereocenters. The molecule has 1 N–H and O–H groups in total. The van der Waals surface area contributed by atoms with Gasteiger partial charge in [0.05, 0.1) is 5.92 Å². The number of rotatable bonds is 3. The molecule has 5 heteroatoms. The first-order chi connectivity index (χ1) is 11.4. The summed E-state index contributed by atoms with van der Waals surface area (Å²) >= 11 is 0. The highest BCUT2D eigenvalue weighted by atomic mass is 19.1. The number of hydrogen-bond acceptors (Lipinski definition) is 2. The van der Waals surface area contributed by atoms with Gasteiger partial charge in [0.2, 0.25) is 11.8 Å². The maximum absolute atomic E-state index is 13.0. The van der Waals surface area contributed by atoms with Crippen molar-refractivity contribution in [1.29, 1.82) is 0 Å². The number of carbonyl (C=O) groups excluding carboxylic acids is 2. The Bertz CT molecular complexity index is 786. The number of hydrogen-bond donors (Lipinski definition) is 1. The van der Waals surface area contributed by atoms with E-state index < -0.39 is 5.92 Å². The van der Waals surface area contributed by atoms with E-state index >= 15 is 0 Å². The Labute approximate surface area is 140 Å². The quantitative estimate of drug-likeness (QED) is 0.939. The summed E-state index contributed by atoms with van der Waals surface area (Å²) in [5.74, 6) is -1.06. The number of carbonyl (C=O) groups is 2. The minimum absolute atomic E-state index is 0.123. The molecule has 0 saturated carbocycles. The van der Waals surface area contributed by atoms with Gasteiger partial charge in [-0.15, -0.1) is 0 Å². The molecule has 1 heterocycles. The molecule has 0 aliphatic carbocycles. The highest BCUT2D eigenvalue weighted by Gasteiger charge is 2.35. The van der Waals surface area contributed by atoms with Crippen molar-refractivity contribution in [2.45, 2.75) is 20.3 Å². The van der Waals surface area contributed by atoms with Crippen LogP contribution in [0.25, 0.3) is 0 Å². The minimum Gasteiger partial charge on any atom is -0.326 e. The Balaban J connectivity index is 1.70. The van der Waals surface area contributed by atoms with Crippen LogP contribution in [0.3, 0.4) is 0 Å². The van der Waals surface area contributed by atoms with Crippen molar-refractivity contribution >= 4 is 23.2 Å². The standard InChI is InChI=1S/C19H19FN2O2/c1-12-3-8-17(13(2)9-12)21-19(24)14-10-18(23)22(11-14)16-6-4-15(20)5-7-16/h3-9,14H,10-11H2,1-2H3,(H,21,24)/t14-/m1/s1. The lowest BCUT2D eigenvalue weighted by Gasteiger charge is -2.17. The molecular formula is C19H19FN2O2. The van der Waals surface area contributed by atoms with E-state index in [0.29, 0.717) is 12.2 Å². The van der Waals surface area contributed by atoms with E-state index in [4.69, 9.17) is 0 Å². The number of benzene rings is 2. The summed E-state index contributed by atoms with van der Waals surface area (Å²) in [5.41, 5.74) is 3.49. The maximum atomic E-state index is 13.0. The fourth-order valence-corrected chi connectivity index (χ4v) is 2.94. The van der Waals surface area contributed by atoms with Crippen LogP contribution in [0.4, 0.5) is 15.8 Å². The van der Waals surface area contributed by atoms with Gasteiger partial charge in [0, 0.05) is 24.3 Å². The summed E-state index contributed by atoms with van der Waals surface area (Å²) in [6, 6.07) is 11.5. The van der Waals surface area contributed by atoms with Crippen LogP contribution < -0.4 is 10.2 Å². The van der Waals surface area contributed by atoms with Gasteiger partial charge in [-0.2, -0.15) is 0 Å². The first-order valence-electron chi connectivity index (χ1n) is 7.88. The minimum atomic E-state index is -0.414. The van der Waals surface area contributed by atoms with Crippen molar-refractivity contribution in [2.24, 2.45) is 5.92 Å². The van der Waals surface area contributed by atoms with Crippen LogP contribution in [0.2, 0.25) is 0 Å². The average Bonchev–Trinajstić information content (AvgIpc) is 2.93. The number of amides is 2. The third-order valence-corrected chi connectivity index (χ3v) is 4.27. The predicted molar refractivity (Wildman–Crippen MR) is 91.4 cm³/mol. The van der Waals surface area contributed by atoms with Crippen molar-refractivity contribution in [3.63, 3.8) is 0 Å². The van der Waals surface area contributed by atoms with Gasteiger partial charge in [-0.3, -0.25) is 9.59 Å². The molecule has 0 radical (unpaired) electrons. The Morgan fingerprint density at radius 2 is 1.88 bits per heavy atom. The van der Waals surface area contributed by atoms with Gasteiger partial charge in [-0.25, -0.2) is 4.39 Å². The first kappa shape index (κ1) is 16.2. The van der Waals surface area contributed by atoms with Crippen LogP contribution in [-0.2, 0) is 9.59 Å². The monoisotopic (exact) mass is 326 g/mol. The molecule has 1 aliphatic rings. The molecule has 0 spiro atoms. The van der Waals surface area contributed by atoms with Crippen LogP contribution in [0.15, 0.2) is 42.5 Å². The second-order valence-electron chi connectivity index (χ2n) is 6.19. The molecule has 0 unspecified atom stereocenters. The number of nitrogens with one attached hydrogen (secondary N) is 1. The molecule has 0 aromatic heterocycles. The summed E-state index contributed by atoms with van der Waals surface area (Å²) in [6.45, 7) is 4.24. The van der Waals surface area contributed by atoms with Crippen LogP contribution in [0.5, 0.6) is 0 Å². The summed E-state index contributed by atoms with van der Waals surface area (Å²) < 4.78 is 13.0. The van der Waals surface area contributed by atoms with Crippen LogP contribution >= 0.6 is 0 Å². The largest absolute Gasteiger partial charge is 0.326 e. The number of anilines is 2. The number of nitrogens with zero attached hydrogens (tertiary/aromatic N) is 1. The molecule has 1 aliphatic heterocycles. The third kappa shape index (κ3) is 3.30. The normalized spacial score (nSPS) is 17.2. The van der Waals surface area contributed by atoms with Crippen LogP contribution in [0, 0.1) is 25.6 Å². The number of aryl methyl sites for hydroxylation is 2. The Morgan fingerprint density at radius 1 is 1.17 bits per heavy atom. The summed E-state index contributed by atoms with van der Waals surface area (Å²) in [6.07, 6.45) is 0.161. The van der Waals surface area contributed by atoms with Crippen LogP contribution in [-0.4, -0.2) is 18.4 Å². The molecule has 2 aromatic rings. The smallest absolute Gasteiger partial charge is 0.229 e. The lowest BCUT2D eigenvalue weighted by atomic mass is 10.1. The first-order valence-corrected chi connectivity index (χ1v) is 7.88. The van der Waals surface area contributed by atoms with E-state index in [1.54, 1.807) is 12.1 Å². The Hall–Kier alpha value is -2.69. The molecular weight excluding hydrogens is 307 g/mol. The molecule has 4 nitrogen and oxygen atoms in total. The second-order valence-corrected chi connectivity index (χ2v) is 6.19. The zero-order chi connectivity index (χ0) is 17.3. The highest BCUT2D eigenvalue weighted by molar-refractivity contribution is 6.03. The number of halogens is 1. The van der Waals surface area contributed by atoms with E-state index in [2.05, 4.69) is 5.32 Å². The highest BCUT2D eigenvalue weighted by Crippen LogP contribution is 2.26. The maximum Gasteiger partial charge on any atom is 0.229 e. The van der Waals surface area contributed by atoms with Gasteiger partial charge in [-0.1, -0.05) is 17.7 Å². The molecule has 124 valence electrons. The van der Waals surface area contributed by atoms with E-state index in [-0.39, 0.29) is 24.1 Å². The lowest BCUT2D eigenvalue weighted by molar-refractivity contribution is -0.122. The molecule has 1 fully saturated rings. The Kier molecular flexibility index (Phi) is 4.34. The SMILES string of the molecule is Cc1ccc(NC(=O)[C@@H]2CC(=O)N(c3ccc(F)cc3)C2)c(C)c1. The predicted octanol–water partition coefficient (Wildman–Crippen LogP) is 3.43. The Morgan fingerprint density at radius 3 is 2.54 bits per heavy atom. The second kappa shape index (κ2) is 6.43. The van der Waals surface area contributed by atoms with Gasteiger partial charge in [0.15, 0.2) is 0 Å². The van der Waals surface area contributed by atoms with E-state index in [0.717, 1.165) is 16.8 Å². The van der Waals surface area contributed by atoms with Gasteiger partial charge in [0.1, 0.15) is 5.82 Å². The van der Waals surface area contributed by atoms with E-state index in [9.17, 15) is 14.0 Å². The average molecular weight is 326 g/mol. The van der Waals surface area contributed by atoms with Crippen LogP contribution in [0.1, 0.15) is 17.5 Å². The molecule has 24 heavy (non-hydrogen) atoms. The van der Waals surface area contributed by atoms with Gasteiger partial charge < -0.3 is 10.2 Å². The van der Waals surface area contributed by atoms with Crippen molar-refractivity contribution in [2.75, 3.05) is 16.8 Å². The molecule has 0 bridgehead atoms. The molecule has 3 rings (SSSR count). The summed E-state index contributed by atoms with van der Waals surface area (Å²) in [5, 5.41) is 2.90. The third-order valence-electron chi connectivity index (χ3n) is 4.27. The van der Waals surface area contributed by atoms with Crippen molar-refractivity contribution < 1.29 is 14.0 Å². The van der Waals surface area contributed by atoms with Crippen molar-refractivity contribution in [3.05, 3.63) is 59.4 Å². The van der Waals surface area contributed by atoms with E-state index in [1.165, 1.54) is 17.0 Å². The fraction of sp³-hybridized carbons (Fsp3) is 0.263. The van der Waals surface area contributed by atoms with Crippen molar-refractivity contribution in [1.82, 2.24) is 0 Å². The fourth-order valence-electron chi connectivity index (χ4n) is 2.94. The van der Waals surface area contributed by atoms with Gasteiger partial charge >= 0.3 is 0 Å². The van der Waals surface area contributed by atoms with Gasteiger partial charge in [0.25, 0.3) is 0 Å². The summed E-state index contributed by atoms with van der Waals surface area (Å²) in [7, 11) is 0. The van der Waals surface area contributed by atoms with Crippen molar-refractivity contribution in [3.8, 4) is 0 Å². The molecule has 2 aromatic carbocycles. The zero-order valence-electron chi connectivity index (χ0n) is 13.7. The zero-order valence-corrected chi connectivity index (χ0v) is 13.7. The summed E-state index contributed by atoms with van der Waals surface area (Å²) in [4.78, 5) is 26.2. The topological polar surface area (TPSA) is 49.4 Å². The van der Waals surface area contributed by atoms with E-state index in [1.807, 2.05) is 32.0 Å².